The molecule has 0 aliphatic rings. The molecule has 0 bridgehead atoms. The summed E-state index contributed by atoms with van der Waals surface area (Å²) in [5, 5.41) is 5.31. The van der Waals surface area contributed by atoms with Crippen LogP contribution >= 0.6 is 34.9 Å². The van der Waals surface area contributed by atoms with Crippen LogP contribution in [0.25, 0.3) is 0 Å². The summed E-state index contributed by atoms with van der Waals surface area (Å²) >= 11 is 8.74. The van der Waals surface area contributed by atoms with E-state index in [1.807, 2.05) is 43.3 Å². The molecule has 3 aromatic rings. The lowest BCUT2D eigenvalue weighted by Crippen LogP contribution is -2.13. The van der Waals surface area contributed by atoms with Crippen molar-refractivity contribution in [3.05, 3.63) is 64.4 Å². The number of pyridine rings is 1. The van der Waals surface area contributed by atoms with E-state index >= 15 is 0 Å². The third-order valence-electron chi connectivity index (χ3n) is 3.94. The lowest BCUT2D eigenvalue weighted by molar-refractivity contribution is 0.0998. The van der Waals surface area contributed by atoms with Gasteiger partial charge < -0.3 is 11.1 Å². The molecule has 0 saturated carbocycles. The number of carbonyl (C=O) groups is 1. The van der Waals surface area contributed by atoms with Crippen LogP contribution in [0.15, 0.2) is 47.6 Å². The minimum atomic E-state index is -0.500. The van der Waals surface area contributed by atoms with Gasteiger partial charge in [0.05, 0.1) is 11.9 Å². The number of primary amides is 1. The van der Waals surface area contributed by atoms with Gasteiger partial charge in [-0.3, -0.25) is 9.78 Å². The van der Waals surface area contributed by atoms with E-state index < -0.39 is 5.91 Å². The Balaban J connectivity index is 1.86. The highest BCUT2D eigenvalue weighted by molar-refractivity contribution is 7.99. The van der Waals surface area contributed by atoms with Crippen molar-refractivity contribution in [1.82, 2.24) is 9.36 Å². The van der Waals surface area contributed by atoms with Crippen LogP contribution in [0.4, 0.5) is 10.7 Å². The topological polar surface area (TPSA) is 80.9 Å². The van der Waals surface area contributed by atoms with Gasteiger partial charge in [-0.1, -0.05) is 42.4 Å². The molecule has 27 heavy (non-hydrogen) atoms. The van der Waals surface area contributed by atoms with Crippen LogP contribution in [-0.2, 0) is 0 Å². The van der Waals surface area contributed by atoms with E-state index in [9.17, 15) is 4.79 Å². The van der Waals surface area contributed by atoms with Gasteiger partial charge >= 0.3 is 0 Å². The molecule has 3 N–H and O–H groups in total. The first-order valence-electron chi connectivity index (χ1n) is 8.39. The van der Waals surface area contributed by atoms with E-state index in [0.717, 1.165) is 23.4 Å². The highest BCUT2D eigenvalue weighted by Crippen LogP contribution is 2.42. The van der Waals surface area contributed by atoms with Crippen molar-refractivity contribution in [1.29, 1.82) is 0 Å². The number of benzene rings is 1. The molecule has 5 nitrogen and oxygen atoms in total. The fourth-order valence-electron chi connectivity index (χ4n) is 2.53. The molecule has 0 saturated heterocycles. The first kappa shape index (κ1) is 19.7. The smallest absolute Gasteiger partial charge is 0.254 e. The van der Waals surface area contributed by atoms with E-state index in [2.05, 4.69) is 21.6 Å². The number of nitrogens with one attached hydrogen (secondary N) is 1. The average Bonchev–Trinajstić information content (AvgIpc) is 3.05. The maximum atomic E-state index is 12.1. The molecule has 0 aliphatic carbocycles. The van der Waals surface area contributed by atoms with Gasteiger partial charge in [0, 0.05) is 16.0 Å². The molecule has 0 radical (unpaired) electrons. The second-order valence-corrected chi connectivity index (χ2v) is 8.34. The van der Waals surface area contributed by atoms with Gasteiger partial charge in [-0.25, -0.2) is 0 Å². The highest BCUT2D eigenvalue weighted by Gasteiger charge is 2.23. The van der Waals surface area contributed by atoms with Crippen molar-refractivity contribution in [2.75, 3.05) is 5.32 Å². The number of carbonyl (C=O) groups excluding carboxylic acids is 1. The van der Waals surface area contributed by atoms with Crippen LogP contribution in [0.2, 0.25) is 5.02 Å². The Morgan fingerprint density at radius 3 is 2.63 bits per heavy atom. The zero-order valence-corrected chi connectivity index (χ0v) is 17.3. The van der Waals surface area contributed by atoms with E-state index in [1.54, 1.807) is 6.20 Å². The second-order valence-electron chi connectivity index (χ2n) is 5.94. The SMILES string of the molecule is CCC(Sc1nsc(Nc2ccc(C)nc2)c1C(N)=O)c1ccc(Cl)cc1. The molecule has 1 atom stereocenters. The van der Waals surface area contributed by atoms with Crippen molar-refractivity contribution in [3.8, 4) is 0 Å². The number of thioether (sulfide) groups is 1. The maximum Gasteiger partial charge on any atom is 0.254 e. The third-order valence-corrected chi connectivity index (χ3v) is 6.48. The Hall–Kier alpha value is -2.09. The number of hydrogen-bond donors (Lipinski definition) is 2. The van der Waals surface area contributed by atoms with Crippen LogP contribution in [-0.4, -0.2) is 15.3 Å². The zero-order chi connectivity index (χ0) is 19.4. The molecule has 2 heterocycles. The van der Waals surface area contributed by atoms with Gasteiger partial charge in [-0.05, 0) is 54.7 Å². The normalized spacial score (nSPS) is 12.0. The summed E-state index contributed by atoms with van der Waals surface area (Å²) in [6, 6.07) is 11.5. The van der Waals surface area contributed by atoms with Gasteiger partial charge in [0.1, 0.15) is 15.6 Å². The molecule has 0 aliphatic heterocycles. The predicted octanol–water partition coefficient (Wildman–Crippen LogP) is 5.59. The van der Waals surface area contributed by atoms with Crippen LogP contribution < -0.4 is 11.1 Å². The molecular weight excluding hydrogens is 400 g/mol. The standard InChI is InChI=1S/C19H19ClN4OS2/c1-3-15(12-5-7-13(20)8-6-12)26-19-16(17(21)25)18(27-24-19)23-14-9-4-11(2)22-10-14/h4-10,15,23H,3H2,1-2H3,(H2,21,25). The number of amides is 1. The summed E-state index contributed by atoms with van der Waals surface area (Å²) in [6.07, 6.45) is 2.60. The molecule has 140 valence electrons. The van der Waals surface area contributed by atoms with Crippen LogP contribution in [0, 0.1) is 6.92 Å². The Morgan fingerprint density at radius 1 is 1.30 bits per heavy atom. The first-order chi connectivity index (χ1) is 13.0. The number of nitrogens with zero attached hydrogens (tertiary/aromatic N) is 2. The average molecular weight is 419 g/mol. The highest BCUT2D eigenvalue weighted by atomic mass is 35.5. The van der Waals surface area contributed by atoms with Crippen molar-refractivity contribution in [2.45, 2.75) is 30.5 Å². The lowest BCUT2D eigenvalue weighted by Gasteiger charge is -2.14. The van der Waals surface area contributed by atoms with Crippen molar-refractivity contribution in [3.63, 3.8) is 0 Å². The minimum absolute atomic E-state index is 0.149. The molecule has 3 rings (SSSR count). The Kier molecular flexibility index (Phi) is 6.36. The summed E-state index contributed by atoms with van der Waals surface area (Å²) in [6.45, 7) is 4.02. The molecule has 1 aromatic carbocycles. The second kappa shape index (κ2) is 8.73. The third kappa shape index (κ3) is 4.80. The Bertz CT molecular complexity index is 926. The molecule has 2 aromatic heterocycles. The minimum Gasteiger partial charge on any atom is -0.365 e. The van der Waals surface area contributed by atoms with E-state index in [-0.39, 0.29) is 5.25 Å². The largest absolute Gasteiger partial charge is 0.365 e. The molecule has 0 spiro atoms. The monoisotopic (exact) mass is 418 g/mol. The fraction of sp³-hybridized carbons (Fsp3) is 0.211. The molecular formula is C19H19ClN4OS2. The zero-order valence-electron chi connectivity index (χ0n) is 14.9. The Labute approximate surface area is 171 Å². The van der Waals surface area contributed by atoms with Gasteiger partial charge in [-0.15, -0.1) is 0 Å². The number of nitrogens with two attached hydrogens (primary N) is 1. The van der Waals surface area contributed by atoms with E-state index in [0.29, 0.717) is 20.6 Å². The van der Waals surface area contributed by atoms with Crippen molar-refractivity contribution >= 4 is 51.5 Å². The lowest BCUT2D eigenvalue weighted by atomic mass is 10.1. The number of anilines is 2. The number of hydrogen-bond acceptors (Lipinski definition) is 6. The van der Waals surface area contributed by atoms with Crippen LogP contribution in [0.5, 0.6) is 0 Å². The summed E-state index contributed by atoms with van der Waals surface area (Å²) in [5.41, 5.74) is 8.91. The van der Waals surface area contributed by atoms with Crippen molar-refractivity contribution < 1.29 is 4.79 Å². The van der Waals surface area contributed by atoms with Gasteiger partial charge in [-0.2, -0.15) is 4.37 Å². The summed E-state index contributed by atoms with van der Waals surface area (Å²) < 4.78 is 4.48. The molecule has 1 unspecified atom stereocenters. The molecule has 1 amide bonds. The summed E-state index contributed by atoms with van der Waals surface area (Å²) in [4.78, 5) is 16.4. The predicted molar refractivity (Wildman–Crippen MR) is 113 cm³/mol. The number of halogens is 1. The molecule has 0 fully saturated rings. The maximum absolute atomic E-state index is 12.1. The van der Waals surface area contributed by atoms with Gasteiger partial charge in [0.15, 0.2) is 0 Å². The summed E-state index contributed by atoms with van der Waals surface area (Å²) in [7, 11) is 0. The van der Waals surface area contributed by atoms with Crippen molar-refractivity contribution in [2.24, 2.45) is 5.73 Å². The number of aromatic nitrogens is 2. The van der Waals surface area contributed by atoms with Gasteiger partial charge in [0.25, 0.3) is 5.91 Å². The van der Waals surface area contributed by atoms with Crippen LogP contribution in [0.3, 0.4) is 0 Å². The Morgan fingerprint density at radius 2 is 2.04 bits per heavy atom. The number of rotatable bonds is 7. The summed E-state index contributed by atoms with van der Waals surface area (Å²) in [5.74, 6) is -0.500. The quantitative estimate of drug-likeness (QED) is 0.489. The first-order valence-corrected chi connectivity index (χ1v) is 10.4. The van der Waals surface area contributed by atoms with E-state index in [4.69, 9.17) is 17.3 Å². The fourth-order valence-corrected chi connectivity index (χ4v) is 4.77. The van der Waals surface area contributed by atoms with E-state index in [1.165, 1.54) is 23.3 Å². The van der Waals surface area contributed by atoms with Crippen LogP contribution in [0.1, 0.15) is 40.2 Å². The molecule has 8 heteroatoms. The van der Waals surface area contributed by atoms with Gasteiger partial charge in [0.2, 0.25) is 0 Å². The number of aryl methyl sites for hydroxylation is 1.